The lowest BCUT2D eigenvalue weighted by Gasteiger charge is -2.10. The maximum atomic E-state index is 12.1. The molecule has 2 rings (SSSR count). The van der Waals surface area contributed by atoms with Crippen molar-refractivity contribution in [3.63, 3.8) is 0 Å². The van der Waals surface area contributed by atoms with E-state index in [0.717, 1.165) is 6.42 Å². The van der Waals surface area contributed by atoms with Gasteiger partial charge in [0.15, 0.2) is 17.1 Å². The number of aryl methyl sites for hydroxylation is 1. The van der Waals surface area contributed by atoms with Gasteiger partial charge in [-0.1, -0.05) is 25.4 Å². The highest BCUT2D eigenvalue weighted by Crippen LogP contribution is 2.36. The van der Waals surface area contributed by atoms with Crippen LogP contribution in [0.3, 0.4) is 0 Å². The number of carbonyl (C=O) groups excluding carboxylic acids is 1. The number of amides is 1. The molecule has 2 heterocycles. The Labute approximate surface area is 148 Å². The SMILES string of the molecule is CC(C)CCn1cc(Cl)c2c(O)c(C(=O)NCC(=O)O)nc(C#N)c21. The summed E-state index contributed by atoms with van der Waals surface area (Å²) in [6, 6.07) is 1.90. The first-order valence-corrected chi connectivity index (χ1v) is 7.95. The van der Waals surface area contributed by atoms with E-state index in [9.17, 15) is 20.0 Å². The number of aliphatic carboxylic acids is 1. The second-order valence-corrected chi connectivity index (χ2v) is 6.33. The van der Waals surface area contributed by atoms with E-state index < -0.39 is 29.9 Å². The zero-order valence-electron chi connectivity index (χ0n) is 13.7. The Morgan fingerprint density at radius 3 is 2.72 bits per heavy atom. The number of halogens is 1. The fourth-order valence-electron chi connectivity index (χ4n) is 2.39. The average Bonchev–Trinajstić information content (AvgIpc) is 2.88. The molecular formula is C16H17ClN4O4. The van der Waals surface area contributed by atoms with Gasteiger partial charge in [-0.15, -0.1) is 0 Å². The molecule has 8 nitrogen and oxygen atoms in total. The summed E-state index contributed by atoms with van der Waals surface area (Å²) in [4.78, 5) is 26.5. The molecule has 2 aromatic heterocycles. The first-order valence-electron chi connectivity index (χ1n) is 7.57. The normalized spacial score (nSPS) is 10.8. The Balaban J connectivity index is 2.57. The van der Waals surface area contributed by atoms with Crippen molar-refractivity contribution in [3.8, 4) is 11.8 Å². The van der Waals surface area contributed by atoms with Crippen molar-refractivity contribution in [3.05, 3.63) is 22.6 Å². The summed E-state index contributed by atoms with van der Waals surface area (Å²) in [6.45, 7) is 4.04. The van der Waals surface area contributed by atoms with Crippen molar-refractivity contribution in [2.75, 3.05) is 6.54 Å². The fraction of sp³-hybridized carbons (Fsp3) is 0.375. The van der Waals surface area contributed by atoms with Crippen LogP contribution in [0.5, 0.6) is 5.75 Å². The molecule has 0 aliphatic heterocycles. The number of hydrogen-bond acceptors (Lipinski definition) is 5. The molecule has 0 unspecified atom stereocenters. The summed E-state index contributed by atoms with van der Waals surface area (Å²) >= 11 is 6.19. The van der Waals surface area contributed by atoms with Crippen LogP contribution in [0.1, 0.15) is 36.5 Å². The van der Waals surface area contributed by atoms with Gasteiger partial charge in [0.1, 0.15) is 12.6 Å². The molecule has 0 radical (unpaired) electrons. The van der Waals surface area contributed by atoms with Gasteiger partial charge in [-0.05, 0) is 12.3 Å². The van der Waals surface area contributed by atoms with Gasteiger partial charge < -0.3 is 20.1 Å². The number of aromatic nitrogens is 2. The number of rotatable bonds is 6. The predicted molar refractivity (Wildman–Crippen MR) is 90.5 cm³/mol. The Morgan fingerprint density at radius 1 is 1.48 bits per heavy atom. The molecule has 9 heteroatoms. The third kappa shape index (κ3) is 3.83. The predicted octanol–water partition coefficient (Wildman–Crippen LogP) is 2.13. The molecule has 25 heavy (non-hydrogen) atoms. The smallest absolute Gasteiger partial charge is 0.322 e. The third-order valence-corrected chi connectivity index (χ3v) is 3.90. The number of pyridine rings is 1. The monoisotopic (exact) mass is 364 g/mol. The molecule has 0 fully saturated rings. The van der Waals surface area contributed by atoms with Crippen LogP contribution in [0, 0.1) is 17.2 Å². The molecule has 3 N–H and O–H groups in total. The van der Waals surface area contributed by atoms with Gasteiger partial charge in [0.25, 0.3) is 5.91 Å². The second-order valence-electron chi connectivity index (χ2n) is 5.92. The molecule has 0 spiro atoms. The van der Waals surface area contributed by atoms with E-state index in [2.05, 4.69) is 24.1 Å². The zero-order valence-corrected chi connectivity index (χ0v) is 14.5. The number of carboxylic acid groups (broad SMARTS) is 1. The number of hydrogen-bond donors (Lipinski definition) is 3. The van der Waals surface area contributed by atoms with Crippen LogP contribution in [-0.2, 0) is 11.3 Å². The van der Waals surface area contributed by atoms with Crippen LogP contribution >= 0.6 is 11.6 Å². The Kier molecular flexibility index (Phi) is 5.49. The van der Waals surface area contributed by atoms with Gasteiger partial charge >= 0.3 is 5.97 Å². The summed E-state index contributed by atoms with van der Waals surface area (Å²) in [6.07, 6.45) is 2.41. The highest BCUT2D eigenvalue weighted by atomic mass is 35.5. The molecule has 1 amide bonds. The van der Waals surface area contributed by atoms with Crippen LogP contribution in [0.15, 0.2) is 6.20 Å². The number of nitrogens with one attached hydrogen (secondary N) is 1. The van der Waals surface area contributed by atoms with E-state index in [1.807, 2.05) is 6.07 Å². The van der Waals surface area contributed by atoms with Crippen molar-refractivity contribution in [2.24, 2.45) is 5.92 Å². The summed E-state index contributed by atoms with van der Waals surface area (Å²) in [5.74, 6) is -2.20. The topological polar surface area (TPSA) is 128 Å². The minimum atomic E-state index is -1.24. The highest BCUT2D eigenvalue weighted by molar-refractivity contribution is 6.36. The van der Waals surface area contributed by atoms with Gasteiger partial charge in [-0.2, -0.15) is 5.26 Å². The third-order valence-electron chi connectivity index (χ3n) is 3.61. The molecule has 0 saturated heterocycles. The van der Waals surface area contributed by atoms with E-state index >= 15 is 0 Å². The summed E-state index contributed by atoms with van der Waals surface area (Å²) < 4.78 is 1.72. The van der Waals surface area contributed by atoms with Crippen LogP contribution in [0.4, 0.5) is 0 Å². The minimum absolute atomic E-state index is 0.0658. The van der Waals surface area contributed by atoms with E-state index in [4.69, 9.17) is 16.7 Å². The van der Waals surface area contributed by atoms with Crippen molar-refractivity contribution >= 4 is 34.4 Å². The van der Waals surface area contributed by atoms with E-state index in [1.54, 1.807) is 10.8 Å². The maximum absolute atomic E-state index is 12.1. The second kappa shape index (κ2) is 7.40. The summed E-state index contributed by atoms with van der Waals surface area (Å²) in [5, 5.41) is 30.8. The lowest BCUT2D eigenvalue weighted by Crippen LogP contribution is -2.30. The van der Waals surface area contributed by atoms with Crippen LogP contribution < -0.4 is 5.32 Å². The molecule has 0 aliphatic carbocycles. The lowest BCUT2D eigenvalue weighted by atomic mass is 10.1. The van der Waals surface area contributed by atoms with Crippen LogP contribution in [0.2, 0.25) is 5.02 Å². The molecule has 0 atom stereocenters. The number of aromatic hydroxyl groups is 1. The van der Waals surface area contributed by atoms with Gasteiger partial charge in [0, 0.05) is 12.7 Å². The maximum Gasteiger partial charge on any atom is 0.322 e. The van der Waals surface area contributed by atoms with E-state index in [-0.39, 0.29) is 16.1 Å². The van der Waals surface area contributed by atoms with Crippen molar-refractivity contribution in [2.45, 2.75) is 26.8 Å². The largest absolute Gasteiger partial charge is 0.505 e. The van der Waals surface area contributed by atoms with Crippen LogP contribution in [0.25, 0.3) is 10.9 Å². The molecule has 0 aromatic carbocycles. The van der Waals surface area contributed by atoms with Gasteiger partial charge in [0.2, 0.25) is 0 Å². The van der Waals surface area contributed by atoms with Gasteiger partial charge in [-0.3, -0.25) is 9.59 Å². The van der Waals surface area contributed by atoms with Crippen LogP contribution in [-0.4, -0.2) is 38.2 Å². The van der Waals surface area contributed by atoms with Crippen molar-refractivity contribution in [1.82, 2.24) is 14.9 Å². The van der Waals surface area contributed by atoms with Gasteiger partial charge in [0.05, 0.1) is 15.9 Å². The van der Waals surface area contributed by atoms with Crippen molar-refractivity contribution in [1.29, 1.82) is 5.26 Å². The van der Waals surface area contributed by atoms with Crippen molar-refractivity contribution < 1.29 is 19.8 Å². The highest BCUT2D eigenvalue weighted by Gasteiger charge is 2.24. The molecule has 2 aromatic rings. The number of nitrogens with zero attached hydrogens (tertiary/aromatic N) is 3. The standard InChI is InChI=1S/C16H17ClN4O4/c1-8(2)3-4-21-7-9(17)12-14(21)10(5-18)20-13(15(12)24)16(25)19-6-11(22)23/h7-8,24H,3-4,6H2,1-2H3,(H,19,25)(H,22,23). The number of carboxylic acids is 1. The Morgan fingerprint density at radius 2 is 2.16 bits per heavy atom. The summed E-state index contributed by atoms with van der Waals surface area (Å²) in [5.41, 5.74) is -0.154. The first kappa shape index (κ1) is 18.5. The number of carbonyl (C=O) groups is 2. The first-order chi connectivity index (χ1) is 11.8. The molecule has 132 valence electrons. The number of fused-ring (bicyclic) bond motifs is 1. The van der Waals surface area contributed by atoms with E-state index in [0.29, 0.717) is 18.0 Å². The van der Waals surface area contributed by atoms with E-state index in [1.165, 1.54) is 0 Å². The quantitative estimate of drug-likeness (QED) is 0.720. The van der Waals surface area contributed by atoms with Gasteiger partial charge in [-0.25, -0.2) is 4.98 Å². The lowest BCUT2D eigenvalue weighted by molar-refractivity contribution is -0.135. The molecule has 0 aliphatic rings. The Bertz CT molecular complexity index is 883. The summed E-state index contributed by atoms with van der Waals surface area (Å²) in [7, 11) is 0. The number of nitriles is 1. The molecule has 0 bridgehead atoms. The Hall–Kier alpha value is -2.79. The zero-order chi connectivity index (χ0) is 18.7. The minimum Gasteiger partial charge on any atom is -0.505 e. The molecular weight excluding hydrogens is 348 g/mol. The molecule has 0 saturated carbocycles. The fourth-order valence-corrected chi connectivity index (χ4v) is 2.68. The average molecular weight is 365 g/mol.